The van der Waals surface area contributed by atoms with Crippen LogP contribution in [-0.4, -0.2) is 30.6 Å². The summed E-state index contributed by atoms with van der Waals surface area (Å²) in [6.07, 6.45) is 0. The number of ether oxygens (including phenoxy) is 1. The second kappa shape index (κ2) is 10.4. The molecule has 2 amide bonds. The standard InChI is InChI=1S/C23H20ClN3O4S/c1-13-3-5-14(6-4-13)19-17(11-25)22(27-21(29)20(19)23(30)31-2)32-12-18(28)26-16-9-7-15(24)8-10-16/h3-10,19-20H,12H2,1-2H3,(H,26,28)(H,27,29)/t19-,20-/m0/s1. The lowest BCUT2D eigenvalue weighted by atomic mass is 9.78. The number of nitriles is 1. The number of nitrogens with zero attached hydrogens (tertiary/aromatic N) is 1. The van der Waals surface area contributed by atoms with Crippen molar-refractivity contribution < 1.29 is 19.1 Å². The summed E-state index contributed by atoms with van der Waals surface area (Å²) in [7, 11) is 1.20. The summed E-state index contributed by atoms with van der Waals surface area (Å²) >= 11 is 6.87. The second-order valence-corrected chi connectivity index (χ2v) is 8.50. The average Bonchev–Trinajstić information content (AvgIpc) is 2.78. The van der Waals surface area contributed by atoms with Gasteiger partial charge in [-0.3, -0.25) is 14.4 Å². The summed E-state index contributed by atoms with van der Waals surface area (Å²) in [5.41, 5.74) is 2.42. The molecule has 0 spiro atoms. The lowest BCUT2D eigenvalue weighted by Gasteiger charge is -2.31. The third kappa shape index (κ3) is 5.31. The largest absolute Gasteiger partial charge is 0.468 e. The Bertz CT molecular complexity index is 1110. The van der Waals surface area contributed by atoms with Gasteiger partial charge in [0.05, 0.1) is 29.5 Å². The van der Waals surface area contributed by atoms with Gasteiger partial charge in [-0.15, -0.1) is 0 Å². The van der Waals surface area contributed by atoms with Crippen molar-refractivity contribution in [3.8, 4) is 6.07 Å². The lowest BCUT2D eigenvalue weighted by molar-refractivity contribution is -0.150. The van der Waals surface area contributed by atoms with Gasteiger partial charge in [0.15, 0.2) is 0 Å². The molecule has 0 unspecified atom stereocenters. The number of anilines is 1. The quantitative estimate of drug-likeness (QED) is 0.492. The molecule has 32 heavy (non-hydrogen) atoms. The number of rotatable bonds is 6. The molecule has 0 saturated heterocycles. The molecule has 1 aliphatic heterocycles. The smallest absolute Gasteiger partial charge is 0.319 e. The SMILES string of the molecule is COC(=O)[C@@H]1C(=O)NC(SCC(=O)Nc2ccc(Cl)cc2)=C(C#N)[C@@H]1c1ccc(C)cc1. The van der Waals surface area contributed by atoms with Crippen molar-refractivity contribution in [2.75, 3.05) is 18.2 Å². The van der Waals surface area contributed by atoms with E-state index in [2.05, 4.69) is 16.7 Å². The van der Waals surface area contributed by atoms with Crippen molar-refractivity contribution in [3.05, 3.63) is 75.3 Å². The molecule has 0 fully saturated rings. The van der Waals surface area contributed by atoms with E-state index in [0.717, 1.165) is 17.3 Å². The normalized spacial score (nSPS) is 17.9. The van der Waals surface area contributed by atoms with E-state index in [4.69, 9.17) is 16.3 Å². The van der Waals surface area contributed by atoms with Gasteiger partial charge in [0.2, 0.25) is 11.8 Å². The fourth-order valence-electron chi connectivity index (χ4n) is 3.32. The first kappa shape index (κ1) is 23.4. The summed E-state index contributed by atoms with van der Waals surface area (Å²) in [6.45, 7) is 1.91. The monoisotopic (exact) mass is 469 g/mol. The number of halogens is 1. The van der Waals surface area contributed by atoms with Crippen molar-refractivity contribution in [1.82, 2.24) is 5.32 Å². The molecule has 7 nitrogen and oxygen atoms in total. The molecule has 9 heteroatoms. The Labute approximate surface area is 194 Å². The van der Waals surface area contributed by atoms with E-state index in [-0.39, 0.29) is 22.3 Å². The maximum Gasteiger partial charge on any atom is 0.319 e. The van der Waals surface area contributed by atoms with Crippen molar-refractivity contribution in [3.63, 3.8) is 0 Å². The predicted molar refractivity (Wildman–Crippen MR) is 123 cm³/mol. The number of carbonyl (C=O) groups is 3. The molecular formula is C23H20ClN3O4S. The molecule has 2 aromatic carbocycles. The fourth-order valence-corrected chi connectivity index (χ4v) is 4.30. The molecule has 0 bridgehead atoms. The predicted octanol–water partition coefficient (Wildman–Crippen LogP) is 3.76. The zero-order chi connectivity index (χ0) is 23.3. The number of aryl methyl sites for hydroxylation is 1. The van der Waals surface area contributed by atoms with Crippen LogP contribution in [0.1, 0.15) is 17.0 Å². The second-order valence-electron chi connectivity index (χ2n) is 7.08. The van der Waals surface area contributed by atoms with Gasteiger partial charge in [0.1, 0.15) is 5.92 Å². The van der Waals surface area contributed by atoms with Crippen LogP contribution in [0.4, 0.5) is 5.69 Å². The summed E-state index contributed by atoms with van der Waals surface area (Å²) in [5, 5.41) is 16.0. The summed E-state index contributed by atoms with van der Waals surface area (Å²) in [4.78, 5) is 37.6. The number of methoxy groups -OCH3 is 1. The van der Waals surface area contributed by atoms with Crippen LogP contribution >= 0.6 is 23.4 Å². The van der Waals surface area contributed by atoms with Crippen LogP contribution in [-0.2, 0) is 19.1 Å². The van der Waals surface area contributed by atoms with Crippen LogP contribution in [0.25, 0.3) is 0 Å². The summed E-state index contributed by atoms with van der Waals surface area (Å²) in [5.74, 6) is -3.70. The van der Waals surface area contributed by atoms with Gasteiger partial charge in [0.25, 0.3) is 0 Å². The van der Waals surface area contributed by atoms with Crippen LogP contribution in [0.5, 0.6) is 0 Å². The fraction of sp³-hybridized carbons (Fsp3) is 0.217. The first-order valence-electron chi connectivity index (χ1n) is 9.61. The van der Waals surface area contributed by atoms with Crippen LogP contribution in [0.3, 0.4) is 0 Å². The Morgan fingerprint density at radius 1 is 1.19 bits per heavy atom. The molecule has 1 heterocycles. The Morgan fingerprint density at radius 3 is 2.44 bits per heavy atom. The van der Waals surface area contributed by atoms with Crippen molar-refractivity contribution >= 4 is 46.8 Å². The van der Waals surface area contributed by atoms with Crippen molar-refractivity contribution in [2.24, 2.45) is 5.92 Å². The Hall–Kier alpha value is -3.28. The first-order valence-corrected chi connectivity index (χ1v) is 11.0. The topological polar surface area (TPSA) is 108 Å². The van der Waals surface area contributed by atoms with Crippen LogP contribution in [0, 0.1) is 24.2 Å². The van der Waals surface area contributed by atoms with Gasteiger partial charge in [-0.05, 0) is 36.8 Å². The highest BCUT2D eigenvalue weighted by Crippen LogP contribution is 2.40. The molecule has 2 aromatic rings. The summed E-state index contributed by atoms with van der Waals surface area (Å²) in [6, 6.07) is 16.0. The van der Waals surface area contributed by atoms with Gasteiger partial charge in [0, 0.05) is 16.6 Å². The number of thioether (sulfide) groups is 1. The zero-order valence-corrected chi connectivity index (χ0v) is 18.9. The maximum atomic E-state index is 12.8. The van der Waals surface area contributed by atoms with Crippen molar-refractivity contribution in [2.45, 2.75) is 12.8 Å². The van der Waals surface area contributed by atoms with E-state index in [1.165, 1.54) is 7.11 Å². The van der Waals surface area contributed by atoms with E-state index in [1.807, 2.05) is 19.1 Å². The van der Waals surface area contributed by atoms with Crippen LogP contribution in [0.2, 0.25) is 5.02 Å². The minimum Gasteiger partial charge on any atom is -0.468 e. The molecule has 1 aliphatic rings. The van der Waals surface area contributed by atoms with Crippen LogP contribution in [0.15, 0.2) is 59.1 Å². The molecular weight excluding hydrogens is 450 g/mol. The van der Waals surface area contributed by atoms with Gasteiger partial charge in [-0.2, -0.15) is 5.26 Å². The van der Waals surface area contributed by atoms with Crippen LogP contribution < -0.4 is 10.6 Å². The number of benzene rings is 2. The number of hydrogen-bond donors (Lipinski definition) is 2. The number of allylic oxidation sites excluding steroid dienone is 1. The molecule has 164 valence electrons. The third-order valence-corrected chi connectivity index (χ3v) is 6.16. The minimum absolute atomic E-state index is 0.0487. The van der Waals surface area contributed by atoms with Crippen molar-refractivity contribution in [1.29, 1.82) is 5.26 Å². The van der Waals surface area contributed by atoms with E-state index < -0.39 is 23.7 Å². The number of carbonyl (C=O) groups excluding carboxylic acids is 3. The Kier molecular flexibility index (Phi) is 7.57. The molecule has 0 aliphatic carbocycles. The first-order chi connectivity index (χ1) is 15.3. The maximum absolute atomic E-state index is 12.8. The highest BCUT2D eigenvalue weighted by atomic mass is 35.5. The third-order valence-electron chi connectivity index (χ3n) is 4.90. The average molecular weight is 470 g/mol. The number of amides is 2. The van der Waals surface area contributed by atoms with Gasteiger partial charge >= 0.3 is 5.97 Å². The number of nitrogens with one attached hydrogen (secondary N) is 2. The molecule has 0 saturated carbocycles. The molecule has 3 rings (SSSR count). The highest BCUT2D eigenvalue weighted by Gasteiger charge is 2.44. The van der Waals surface area contributed by atoms with E-state index in [9.17, 15) is 19.6 Å². The number of esters is 1. The van der Waals surface area contributed by atoms with Gasteiger partial charge in [-0.1, -0.05) is 53.2 Å². The Balaban J connectivity index is 1.87. The van der Waals surface area contributed by atoms with E-state index in [0.29, 0.717) is 16.3 Å². The zero-order valence-electron chi connectivity index (χ0n) is 17.3. The number of hydrogen-bond acceptors (Lipinski definition) is 6. The van der Waals surface area contributed by atoms with Gasteiger partial charge < -0.3 is 15.4 Å². The molecule has 2 atom stereocenters. The lowest BCUT2D eigenvalue weighted by Crippen LogP contribution is -2.44. The molecule has 0 aromatic heterocycles. The van der Waals surface area contributed by atoms with E-state index >= 15 is 0 Å². The van der Waals surface area contributed by atoms with Gasteiger partial charge in [-0.25, -0.2) is 0 Å². The summed E-state index contributed by atoms with van der Waals surface area (Å²) < 4.78 is 4.82. The molecule has 0 radical (unpaired) electrons. The minimum atomic E-state index is -1.20. The molecule has 2 N–H and O–H groups in total. The van der Waals surface area contributed by atoms with E-state index in [1.54, 1.807) is 36.4 Å². The highest BCUT2D eigenvalue weighted by molar-refractivity contribution is 8.03. The Morgan fingerprint density at radius 2 is 1.84 bits per heavy atom.